The maximum atomic E-state index is 11.7. The van der Waals surface area contributed by atoms with Crippen molar-refractivity contribution in [2.45, 2.75) is 33.2 Å². The highest BCUT2D eigenvalue weighted by atomic mass is 32.1. The number of carbonyl (C=O) groups is 2. The lowest BCUT2D eigenvalue weighted by atomic mass is 10.0. The summed E-state index contributed by atoms with van der Waals surface area (Å²) in [6, 6.07) is -1.15. The van der Waals surface area contributed by atoms with Crippen LogP contribution >= 0.6 is 11.3 Å². The van der Waals surface area contributed by atoms with Gasteiger partial charge in [-0.15, -0.1) is 11.3 Å². The Morgan fingerprint density at radius 2 is 2.17 bits per heavy atom. The Kier molecular flexibility index (Phi) is 5.08. The van der Waals surface area contributed by atoms with Crippen LogP contribution in [-0.2, 0) is 11.2 Å². The first kappa shape index (κ1) is 14.4. The van der Waals surface area contributed by atoms with Crippen molar-refractivity contribution in [1.29, 1.82) is 0 Å². The summed E-state index contributed by atoms with van der Waals surface area (Å²) in [6.07, 6.45) is 2.59. The molecule has 0 radical (unpaired) electrons. The largest absolute Gasteiger partial charge is 0.368 e. The van der Waals surface area contributed by atoms with E-state index in [9.17, 15) is 9.59 Å². The number of carbonyl (C=O) groups excluding carboxylic acids is 2. The van der Waals surface area contributed by atoms with Crippen molar-refractivity contribution in [3.63, 3.8) is 0 Å². The SMILES string of the molecule is CCc1cnc(NC(=O)N[C@H](C(N)=O)C(C)C)s1. The first-order valence-corrected chi connectivity index (χ1v) is 6.57. The van der Waals surface area contributed by atoms with Crippen LogP contribution in [0.3, 0.4) is 0 Å². The van der Waals surface area contributed by atoms with Crippen molar-refractivity contribution in [3.8, 4) is 0 Å². The van der Waals surface area contributed by atoms with Gasteiger partial charge >= 0.3 is 6.03 Å². The average Bonchev–Trinajstić information content (AvgIpc) is 2.72. The Balaban J connectivity index is 2.57. The molecule has 1 aromatic rings. The molecule has 1 atom stereocenters. The van der Waals surface area contributed by atoms with Crippen molar-refractivity contribution in [2.24, 2.45) is 11.7 Å². The van der Waals surface area contributed by atoms with Gasteiger partial charge in [0.1, 0.15) is 6.04 Å². The molecule has 1 aromatic heterocycles. The molecule has 7 heteroatoms. The standard InChI is InChI=1S/C11H18N4O2S/c1-4-7-5-13-11(18-7)15-10(17)14-8(6(2)3)9(12)16/h5-6,8H,4H2,1-3H3,(H2,12,16)(H2,13,14,15,17)/t8-/m0/s1. The number of aromatic nitrogens is 1. The fourth-order valence-corrected chi connectivity index (χ4v) is 2.12. The second-order valence-electron chi connectivity index (χ2n) is 4.21. The maximum absolute atomic E-state index is 11.7. The molecule has 3 amide bonds. The number of nitrogens with one attached hydrogen (secondary N) is 2. The molecule has 1 rings (SSSR count). The van der Waals surface area contributed by atoms with Gasteiger partial charge in [0.25, 0.3) is 0 Å². The van der Waals surface area contributed by atoms with Crippen molar-refractivity contribution in [1.82, 2.24) is 10.3 Å². The van der Waals surface area contributed by atoms with Crippen molar-refractivity contribution in [2.75, 3.05) is 5.32 Å². The molecule has 0 bridgehead atoms. The van der Waals surface area contributed by atoms with Gasteiger partial charge in [-0.25, -0.2) is 9.78 Å². The predicted octanol–water partition coefficient (Wildman–Crippen LogP) is 1.34. The number of urea groups is 1. The monoisotopic (exact) mass is 270 g/mol. The van der Waals surface area contributed by atoms with Gasteiger partial charge in [-0.1, -0.05) is 20.8 Å². The van der Waals surface area contributed by atoms with E-state index in [4.69, 9.17) is 5.73 Å². The van der Waals surface area contributed by atoms with Crippen molar-refractivity contribution < 1.29 is 9.59 Å². The van der Waals surface area contributed by atoms with Crippen LogP contribution < -0.4 is 16.4 Å². The summed E-state index contributed by atoms with van der Waals surface area (Å²) in [5.41, 5.74) is 5.21. The number of hydrogen-bond acceptors (Lipinski definition) is 4. The van der Waals surface area contributed by atoms with Gasteiger partial charge in [0.2, 0.25) is 5.91 Å². The van der Waals surface area contributed by atoms with Crippen LogP contribution in [0.15, 0.2) is 6.20 Å². The molecule has 18 heavy (non-hydrogen) atoms. The summed E-state index contributed by atoms with van der Waals surface area (Å²) in [5, 5.41) is 5.63. The van der Waals surface area contributed by atoms with Gasteiger partial charge < -0.3 is 11.1 Å². The van der Waals surface area contributed by atoms with Crippen LogP contribution in [0.5, 0.6) is 0 Å². The summed E-state index contributed by atoms with van der Waals surface area (Å²) < 4.78 is 0. The number of aryl methyl sites for hydroxylation is 1. The zero-order valence-electron chi connectivity index (χ0n) is 10.7. The fourth-order valence-electron chi connectivity index (χ4n) is 1.37. The molecule has 100 valence electrons. The molecule has 6 nitrogen and oxygen atoms in total. The fraction of sp³-hybridized carbons (Fsp3) is 0.545. The molecule has 1 heterocycles. The molecular formula is C11H18N4O2S. The van der Waals surface area contributed by atoms with Gasteiger partial charge in [-0.3, -0.25) is 10.1 Å². The van der Waals surface area contributed by atoms with Gasteiger partial charge in [0.15, 0.2) is 5.13 Å². The predicted molar refractivity (Wildman–Crippen MR) is 71.5 cm³/mol. The van der Waals surface area contributed by atoms with E-state index in [1.54, 1.807) is 6.20 Å². The Bertz CT molecular complexity index is 430. The molecule has 0 fully saturated rings. The zero-order chi connectivity index (χ0) is 13.7. The van der Waals surface area contributed by atoms with Crippen LogP contribution in [0.4, 0.5) is 9.93 Å². The first-order valence-electron chi connectivity index (χ1n) is 5.75. The number of primary amides is 1. The van der Waals surface area contributed by atoms with Gasteiger partial charge in [-0.2, -0.15) is 0 Å². The van der Waals surface area contributed by atoms with Crippen LogP contribution in [0.25, 0.3) is 0 Å². The number of amides is 3. The second-order valence-corrected chi connectivity index (χ2v) is 5.32. The third-order valence-electron chi connectivity index (χ3n) is 2.38. The van der Waals surface area contributed by atoms with Gasteiger partial charge in [-0.05, 0) is 12.3 Å². The van der Waals surface area contributed by atoms with E-state index in [1.165, 1.54) is 11.3 Å². The number of thiazole rings is 1. The third-order valence-corrected chi connectivity index (χ3v) is 3.44. The molecule has 0 aliphatic rings. The van der Waals surface area contributed by atoms with Crippen molar-refractivity contribution in [3.05, 3.63) is 11.1 Å². The molecular weight excluding hydrogens is 252 g/mol. The first-order chi connectivity index (χ1) is 8.43. The molecule has 0 unspecified atom stereocenters. The molecule has 0 spiro atoms. The van der Waals surface area contributed by atoms with Crippen LogP contribution in [0, 0.1) is 5.92 Å². The lowest BCUT2D eigenvalue weighted by Gasteiger charge is -2.18. The van der Waals surface area contributed by atoms with E-state index in [-0.39, 0.29) is 5.92 Å². The quantitative estimate of drug-likeness (QED) is 0.753. The molecule has 0 aromatic carbocycles. The van der Waals surface area contributed by atoms with Crippen LogP contribution in [-0.4, -0.2) is 23.0 Å². The maximum Gasteiger partial charge on any atom is 0.321 e. The highest BCUT2D eigenvalue weighted by molar-refractivity contribution is 7.15. The van der Waals surface area contributed by atoms with Gasteiger partial charge in [0, 0.05) is 11.1 Å². The minimum absolute atomic E-state index is 0.0595. The second kappa shape index (κ2) is 6.34. The molecule has 0 aliphatic heterocycles. The lowest BCUT2D eigenvalue weighted by molar-refractivity contribution is -0.120. The number of nitrogens with two attached hydrogens (primary N) is 1. The Morgan fingerprint density at radius 1 is 1.50 bits per heavy atom. The summed E-state index contributed by atoms with van der Waals surface area (Å²) in [4.78, 5) is 28.0. The van der Waals surface area contributed by atoms with E-state index in [2.05, 4.69) is 15.6 Å². The minimum Gasteiger partial charge on any atom is -0.368 e. The number of nitrogens with zero attached hydrogens (tertiary/aromatic N) is 1. The molecule has 0 aliphatic carbocycles. The molecule has 0 saturated heterocycles. The Morgan fingerprint density at radius 3 is 2.61 bits per heavy atom. The van der Waals surface area contributed by atoms with Crippen LogP contribution in [0.1, 0.15) is 25.6 Å². The number of anilines is 1. The zero-order valence-corrected chi connectivity index (χ0v) is 11.5. The Hall–Kier alpha value is -1.63. The van der Waals surface area contributed by atoms with E-state index in [0.29, 0.717) is 5.13 Å². The highest BCUT2D eigenvalue weighted by Crippen LogP contribution is 2.18. The average molecular weight is 270 g/mol. The van der Waals surface area contributed by atoms with Crippen LogP contribution in [0.2, 0.25) is 0 Å². The molecule has 4 N–H and O–H groups in total. The Labute approximate surface area is 110 Å². The summed E-state index contributed by atoms with van der Waals surface area (Å²) >= 11 is 1.41. The minimum atomic E-state index is -0.685. The lowest BCUT2D eigenvalue weighted by Crippen LogP contribution is -2.49. The number of rotatable bonds is 5. The topological polar surface area (TPSA) is 97.1 Å². The van der Waals surface area contributed by atoms with Crippen molar-refractivity contribution >= 4 is 28.4 Å². The number of hydrogen-bond donors (Lipinski definition) is 3. The third kappa shape index (κ3) is 3.99. The van der Waals surface area contributed by atoms with E-state index in [0.717, 1.165) is 11.3 Å². The summed E-state index contributed by atoms with van der Waals surface area (Å²) in [7, 11) is 0. The smallest absolute Gasteiger partial charge is 0.321 e. The van der Waals surface area contributed by atoms with E-state index >= 15 is 0 Å². The normalized spacial score (nSPS) is 12.2. The van der Waals surface area contributed by atoms with Gasteiger partial charge in [0.05, 0.1) is 0 Å². The molecule has 0 saturated carbocycles. The van der Waals surface area contributed by atoms with E-state index in [1.807, 2.05) is 20.8 Å². The van der Waals surface area contributed by atoms with E-state index < -0.39 is 18.0 Å². The summed E-state index contributed by atoms with van der Waals surface area (Å²) in [5.74, 6) is -0.607. The summed E-state index contributed by atoms with van der Waals surface area (Å²) in [6.45, 7) is 5.64. The highest BCUT2D eigenvalue weighted by Gasteiger charge is 2.21.